The Morgan fingerprint density at radius 1 is 1.43 bits per heavy atom. The molecular weight excluding hydrogens is 196 g/mol. The van der Waals surface area contributed by atoms with E-state index in [4.69, 9.17) is 5.73 Å². The van der Waals surface area contributed by atoms with Crippen molar-refractivity contribution in [2.45, 2.75) is 38.8 Å². The van der Waals surface area contributed by atoms with Gasteiger partial charge in [0.1, 0.15) is 0 Å². The molecule has 0 saturated heterocycles. The van der Waals surface area contributed by atoms with Crippen LogP contribution in [-0.4, -0.2) is 41.9 Å². The normalized spacial score (nSPS) is 14.9. The van der Waals surface area contributed by atoms with Crippen molar-refractivity contribution in [1.82, 2.24) is 4.90 Å². The Bertz CT molecular complexity index is 176. The van der Waals surface area contributed by atoms with Crippen LogP contribution in [0.1, 0.15) is 26.7 Å². The molecule has 3 nitrogen and oxygen atoms in total. The molecule has 0 heterocycles. The highest BCUT2D eigenvalue weighted by Crippen LogP contribution is 2.09. The lowest BCUT2D eigenvalue weighted by molar-refractivity contribution is -0.133. The van der Waals surface area contributed by atoms with Crippen LogP contribution in [-0.2, 0) is 4.79 Å². The SMILES string of the molecule is CCC(CSC)N(C)C(=O)[C@@H](N)CC. The Labute approximate surface area is 91.4 Å². The smallest absolute Gasteiger partial charge is 0.239 e. The third-order valence-electron chi connectivity index (χ3n) is 2.48. The number of likely N-dealkylation sites (N-methyl/N-ethyl adjacent to an activating group) is 1. The van der Waals surface area contributed by atoms with Crippen LogP contribution in [0.25, 0.3) is 0 Å². The summed E-state index contributed by atoms with van der Waals surface area (Å²) in [5, 5.41) is 0. The molecular formula is C10H22N2OS. The monoisotopic (exact) mass is 218 g/mol. The van der Waals surface area contributed by atoms with Gasteiger partial charge in [0.05, 0.1) is 6.04 Å². The Morgan fingerprint density at radius 2 is 2.00 bits per heavy atom. The largest absolute Gasteiger partial charge is 0.341 e. The third-order valence-corrected chi connectivity index (χ3v) is 3.20. The van der Waals surface area contributed by atoms with E-state index in [1.165, 1.54) is 0 Å². The van der Waals surface area contributed by atoms with Gasteiger partial charge in [0.2, 0.25) is 5.91 Å². The van der Waals surface area contributed by atoms with Gasteiger partial charge in [-0.25, -0.2) is 0 Å². The fraction of sp³-hybridized carbons (Fsp3) is 0.900. The highest BCUT2D eigenvalue weighted by Gasteiger charge is 2.21. The second-order valence-electron chi connectivity index (χ2n) is 3.48. The predicted octanol–water partition coefficient (Wildman–Crippen LogP) is 1.32. The van der Waals surface area contributed by atoms with E-state index >= 15 is 0 Å². The summed E-state index contributed by atoms with van der Waals surface area (Å²) in [5.41, 5.74) is 5.71. The molecule has 0 aliphatic heterocycles. The van der Waals surface area contributed by atoms with Crippen molar-refractivity contribution < 1.29 is 4.79 Å². The zero-order valence-corrected chi connectivity index (χ0v) is 10.4. The maximum absolute atomic E-state index is 11.7. The number of rotatable bonds is 6. The quantitative estimate of drug-likeness (QED) is 0.731. The minimum absolute atomic E-state index is 0.0633. The molecule has 0 aromatic carbocycles. The lowest BCUT2D eigenvalue weighted by atomic mass is 10.1. The fourth-order valence-corrected chi connectivity index (χ4v) is 2.16. The van der Waals surface area contributed by atoms with Crippen LogP contribution in [0.5, 0.6) is 0 Å². The van der Waals surface area contributed by atoms with Crippen molar-refractivity contribution in [3.63, 3.8) is 0 Å². The molecule has 14 heavy (non-hydrogen) atoms. The summed E-state index contributed by atoms with van der Waals surface area (Å²) < 4.78 is 0. The number of amides is 1. The first-order chi connectivity index (χ1) is 6.58. The molecule has 0 aliphatic rings. The molecule has 0 aromatic heterocycles. The minimum Gasteiger partial charge on any atom is -0.341 e. The number of carbonyl (C=O) groups is 1. The van der Waals surface area contributed by atoms with Gasteiger partial charge in [-0.1, -0.05) is 13.8 Å². The second-order valence-corrected chi connectivity index (χ2v) is 4.39. The summed E-state index contributed by atoms with van der Waals surface area (Å²) in [7, 11) is 1.85. The summed E-state index contributed by atoms with van der Waals surface area (Å²) in [6.07, 6.45) is 3.75. The van der Waals surface area contributed by atoms with Gasteiger partial charge >= 0.3 is 0 Å². The number of carbonyl (C=O) groups excluding carboxylic acids is 1. The molecule has 0 aliphatic carbocycles. The molecule has 0 radical (unpaired) electrons. The predicted molar refractivity (Wildman–Crippen MR) is 63.5 cm³/mol. The first-order valence-corrected chi connectivity index (χ1v) is 6.48. The zero-order valence-electron chi connectivity index (χ0n) is 9.62. The van der Waals surface area contributed by atoms with E-state index in [0.29, 0.717) is 12.5 Å². The summed E-state index contributed by atoms with van der Waals surface area (Å²) in [6, 6.07) is -0.0222. The fourth-order valence-electron chi connectivity index (χ4n) is 1.31. The molecule has 0 aromatic rings. The maximum Gasteiger partial charge on any atom is 0.239 e. The van der Waals surface area contributed by atoms with Crippen LogP contribution in [0.4, 0.5) is 0 Å². The second kappa shape index (κ2) is 7.12. The molecule has 0 saturated carbocycles. The van der Waals surface area contributed by atoms with Gasteiger partial charge in [-0.05, 0) is 19.1 Å². The summed E-state index contributed by atoms with van der Waals surface area (Å²) in [5.74, 6) is 1.04. The number of nitrogens with two attached hydrogens (primary N) is 1. The van der Waals surface area contributed by atoms with Crippen molar-refractivity contribution in [2.24, 2.45) is 5.73 Å². The minimum atomic E-state index is -0.337. The van der Waals surface area contributed by atoms with Crippen LogP contribution < -0.4 is 5.73 Å². The number of hydrogen-bond acceptors (Lipinski definition) is 3. The molecule has 0 bridgehead atoms. The average molecular weight is 218 g/mol. The number of hydrogen-bond donors (Lipinski definition) is 1. The number of thioether (sulfide) groups is 1. The molecule has 1 amide bonds. The van der Waals surface area contributed by atoms with Gasteiger partial charge in [0.25, 0.3) is 0 Å². The van der Waals surface area contributed by atoms with Gasteiger partial charge in [-0.2, -0.15) is 11.8 Å². The van der Waals surface area contributed by atoms with Crippen molar-refractivity contribution >= 4 is 17.7 Å². The van der Waals surface area contributed by atoms with Crippen molar-refractivity contribution in [1.29, 1.82) is 0 Å². The van der Waals surface area contributed by atoms with Crippen LogP contribution in [0.3, 0.4) is 0 Å². The van der Waals surface area contributed by atoms with E-state index in [1.807, 2.05) is 14.0 Å². The van der Waals surface area contributed by atoms with Crippen LogP contribution in [0.15, 0.2) is 0 Å². The van der Waals surface area contributed by atoms with Crippen molar-refractivity contribution in [3.05, 3.63) is 0 Å². The Kier molecular flexibility index (Phi) is 7.01. The van der Waals surface area contributed by atoms with Crippen LogP contribution in [0, 0.1) is 0 Å². The van der Waals surface area contributed by atoms with Crippen LogP contribution in [0.2, 0.25) is 0 Å². The van der Waals surface area contributed by atoms with Crippen LogP contribution >= 0.6 is 11.8 Å². The lowest BCUT2D eigenvalue weighted by Gasteiger charge is -2.28. The molecule has 0 spiro atoms. The highest BCUT2D eigenvalue weighted by atomic mass is 32.2. The molecule has 4 heteroatoms. The Morgan fingerprint density at radius 3 is 2.36 bits per heavy atom. The first-order valence-electron chi connectivity index (χ1n) is 5.09. The Balaban J connectivity index is 4.25. The third kappa shape index (κ3) is 3.88. The molecule has 0 fully saturated rings. The molecule has 1 unspecified atom stereocenters. The number of nitrogens with zero attached hydrogens (tertiary/aromatic N) is 1. The van der Waals surface area contributed by atoms with Gasteiger partial charge in [-0.15, -0.1) is 0 Å². The molecule has 0 rings (SSSR count). The average Bonchev–Trinajstić information content (AvgIpc) is 2.22. The molecule has 84 valence electrons. The first kappa shape index (κ1) is 13.8. The van der Waals surface area contributed by atoms with Gasteiger partial charge in [0, 0.05) is 18.8 Å². The Hall–Kier alpha value is -0.220. The van der Waals surface area contributed by atoms with Gasteiger partial charge in [-0.3, -0.25) is 4.79 Å². The van der Waals surface area contributed by atoms with E-state index in [2.05, 4.69) is 13.2 Å². The molecule has 2 N–H and O–H groups in total. The van der Waals surface area contributed by atoms with Gasteiger partial charge in [0.15, 0.2) is 0 Å². The standard InChI is InChI=1S/C10H22N2OS/c1-5-8(7-14-4)12(3)10(13)9(11)6-2/h8-9H,5-7,11H2,1-4H3/t8?,9-/m0/s1. The lowest BCUT2D eigenvalue weighted by Crippen LogP contribution is -2.47. The van der Waals surface area contributed by atoms with E-state index in [9.17, 15) is 4.79 Å². The van der Waals surface area contributed by atoms with Crippen molar-refractivity contribution in [2.75, 3.05) is 19.1 Å². The topological polar surface area (TPSA) is 46.3 Å². The van der Waals surface area contributed by atoms with Crippen molar-refractivity contribution in [3.8, 4) is 0 Å². The van der Waals surface area contributed by atoms with E-state index in [0.717, 1.165) is 12.2 Å². The highest BCUT2D eigenvalue weighted by molar-refractivity contribution is 7.98. The zero-order chi connectivity index (χ0) is 11.1. The summed E-state index contributed by atoms with van der Waals surface area (Å²) in [4.78, 5) is 13.5. The maximum atomic E-state index is 11.7. The summed E-state index contributed by atoms with van der Waals surface area (Å²) in [6.45, 7) is 4.04. The van der Waals surface area contributed by atoms with E-state index in [1.54, 1.807) is 16.7 Å². The molecule has 2 atom stereocenters. The van der Waals surface area contributed by atoms with E-state index < -0.39 is 0 Å². The summed E-state index contributed by atoms with van der Waals surface area (Å²) >= 11 is 1.76. The van der Waals surface area contributed by atoms with E-state index in [-0.39, 0.29) is 11.9 Å². The van der Waals surface area contributed by atoms with Gasteiger partial charge < -0.3 is 10.6 Å².